The molecule has 0 aliphatic carbocycles. The minimum Gasteiger partial charge on any atom is -0.385 e. The quantitative estimate of drug-likeness (QED) is 0.863. The van der Waals surface area contributed by atoms with Gasteiger partial charge in [0.1, 0.15) is 0 Å². The van der Waals surface area contributed by atoms with E-state index < -0.39 is 11.4 Å². The first-order valence-electron chi connectivity index (χ1n) is 9.98. The van der Waals surface area contributed by atoms with Gasteiger partial charge in [0.05, 0.1) is 5.60 Å². The SMILES string of the molecule is CCC1(c2ccc(C3(O)CCN(Cc4ccccc4)CC3)cc2)OC(C)O1. The Kier molecular flexibility index (Phi) is 5.08. The Hall–Kier alpha value is -1.72. The summed E-state index contributed by atoms with van der Waals surface area (Å²) in [6.45, 7) is 6.72. The van der Waals surface area contributed by atoms with Crippen LogP contribution in [0.5, 0.6) is 0 Å². The third-order valence-electron chi connectivity index (χ3n) is 5.97. The van der Waals surface area contributed by atoms with Gasteiger partial charge in [-0.05, 0) is 30.9 Å². The van der Waals surface area contributed by atoms with Crippen LogP contribution in [0.15, 0.2) is 54.6 Å². The molecule has 0 amide bonds. The zero-order valence-electron chi connectivity index (χ0n) is 16.2. The van der Waals surface area contributed by atoms with Gasteiger partial charge in [0.15, 0.2) is 12.1 Å². The van der Waals surface area contributed by atoms with Crippen molar-refractivity contribution in [3.05, 3.63) is 71.3 Å². The van der Waals surface area contributed by atoms with Crippen molar-refractivity contribution in [2.45, 2.75) is 57.3 Å². The van der Waals surface area contributed by atoms with Gasteiger partial charge in [-0.25, -0.2) is 0 Å². The molecule has 4 heteroatoms. The van der Waals surface area contributed by atoms with Crippen molar-refractivity contribution >= 4 is 0 Å². The summed E-state index contributed by atoms with van der Waals surface area (Å²) in [5.41, 5.74) is 2.59. The molecule has 2 aliphatic heterocycles. The fourth-order valence-electron chi connectivity index (χ4n) is 4.30. The zero-order valence-corrected chi connectivity index (χ0v) is 16.2. The second-order valence-electron chi connectivity index (χ2n) is 7.78. The summed E-state index contributed by atoms with van der Waals surface area (Å²) in [4.78, 5) is 2.42. The third kappa shape index (κ3) is 3.67. The normalized spacial score (nSPS) is 27.9. The van der Waals surface area contributed by atoms with Crippen molar-refractivity contribution in [3.63, 3.8) is 0 Å². The maximum atomic E-state index is 11.2. The van der Waals surface area contributed by atoms with Crippen molar-refractivity contribution in [2.24, 2.45) is 0 Å². The molecule has 144 valence electrons. The van der Waals surface area contributed by atoms with Crippen molar-refractivity contribution in [1.29, 1.82) is 0 Å². The summed E-state index contributed by atoms with van der Waals surface area (Å²) >= 11 is 0. The molecule has 0 atom stereocenters. The smallest absolute Gasteiger partial charge is 0.200 e. The number of benzene rings is 2. The number of ether oxygens (including phenoxy) is 2. The molecule has 27 heavy (non-hydrogen) atoms. The number of aliphatic hydroxyl groups is 1. The maximum Gasteiger partial charge on any atom is 0.200 e. The standard InChI is InChI=1S/C23H29NO3/c1-3-23(26-18(2)27-23)21-11-9-20(10-12-21)22(25)13-15-24(16-14-22)17-19-7-5-4-6-8-19/h4-12,18,25H,3,13-17H2,1-2H3. The molecule has 4 nitrogen and oxygen atoms in total. The fraction of sp³-hybridized carbons (Fsp3) is 0.478. The Balaban J connectivity index is 1.40. The molecule has 0 aromatic heterocycles. The Bertz CT molecular complexity index is 745. The fourth-order valence-corrected chi connectivity index (χ4v) is 4.30. The first-order chi connectivity index (χ1) is 13.0. The summed E-state index contributed by atoms with van der Waals surface area (Å²) in [6.07, 6.45) is 2.13. The molecule has 2 saturated heterocycles. The van der Waals surface area contributed by atoms with Gasteiger partial charge in [-0.1, -0.05) is 61.5 Å². The lowest BCUT2D eigenvalue weighted by molar-refractivity contribution is -0.457. The lowest BCUT2D eigenvalue weighted by Crippen LogP contribution is -2.49. The monoisotopic (exact) mass is 367 g/mol. The van der Waals surface area contributed by atoms with Gasteiger partial charge >= 0.3 is 0 Å². The van der Waals surface area contributed by atoms with Gasteiger partial charge in [-0.2, -0.15) is 0 Å². The van der Waals surface area contributed by atoms with Crippen LogP contribution in [0, 0.1) is 0 Å². The highest BCUT2D eigenvalue weighted by atomic mass is 16.9. The van der Waals surface area contributed by atoms with Crippen molar-refractivity contribution in [1.82, 2.24) is 4.90 Å². The Morgan fingerprint density at radius 1 is 0.963 bits per heavy atom. The molecule has 2 heterocycles. The Morgan fingerprint density at radius 3 is 2.11 bits per heavy atom. The van der Waals surface area contributed by atoms with E-state index in [2.05, 4.69) is 36.1 Å². The van der Waals surface area contributed by atoms with E-state index in [0.717, 1.165) is 50.0 Å². The molecule has 2 fully saturated rings. The van der Waals surface area contributed by atoms with E-state index in [9.17, 15) is 5.11 Å². The van der Waals surface area contributed by atoms with E-state index in [1.807, 2.05) is 37.3 Å². The second-order valence-corrected chi connectivity index (χ2v) is 7.78. The van der Waals surface area contributed by atoms with Crippen LogP contribution in [0.1, 0.15) is 49.8 Å². The maximum absolute atomic E-state index is 11.2. The molecular formula is C23H29NO3. The van der Waals surface area contributed by atoms with Crippen molar-refractivity contribution in [2.75, 3.05) is 13.1 Å². The Labute approximate surface area is 161 Å². The number of nitrogens with zero attached hydrogens (tertiary/aromatic N) is 1. The first kappa shape index (κ1) is 18.6. The molecular weight excluding hydrogens is 338 g/mol. The van der Waals surface area contributed by atoms with Crippen LogP contribution >= 0.6 is 0 Å². The average Bonchev–Trinajstić information content (AvgIpc) is 2.68. The molecule has 2 aliphatic rings. The average molecular weight is 367 g/mol. The molecule has 2 aromatic carbocycles. The van der Waals surface area contributed by atoms with Gasteiger partial charge < -0.3 is 14.6 Å². The molecule has 1 N–H and O–H groups in total. The topological polar surface area (TPSA) is 41.9 Å². The highest BCUT2D eigenvalue weighted by Gasteiger charge is 2.45. The molecule has 0 saturated carbocycles. The zero-order chi connectivity index (χ0) is 18.9. The number of piperidine rings is 1. The summed E-state index contributed by atoms with van der Waals surface area (Å²) in [7, 11) is 0. The van der Waals surface area contributed by atoms with Gasteiger partial charge in [0.2, 0.25) is 0 Å². The number of hydrogen-bond acceptors (Lipinski definition) is 4. The van der Waals surface area contributed by atoms with Gasteiger partial charge in [0, 0.05) is 31.6 Å². The van der Waals surface area contributed by atoms with Gasteiger partial charge in [0.25, 0.3) is 0 Å². The van der Waals surface area contributed by atoms with Gasteiger partial charge in [-0.15, -0.1) is 0 Å². The molecule has 0 unspecified atom stereocenters. The number of likely N-dealkylation sites (tertiary alicyclic amines) is 1. The molecule has 0 bridgehead atoms. The van der Waals surface area contributed by atoms with E-state index in [1.54, 1.807) is 0 Å². The summed E-state index contributed by atoms with van der Waals surface area (Å²) in [5, 5.41) is 11.2. The number of hydrogen-bond donors (Lipinski definition) is 1. The van der Waals surface area contributed by atoms with Crippen LogP contribution < -0.4 is 0 Å². The van der Waals surface area contributed by atoms with Gasteiger partial charge in [-0.3, -0.25) is 4.90 Å². The lowest BCUT2D eigenvalue weighted by Gasteiger charge is -2.46. The van der Waals surface area contributed by atoms with Crippen LogP contribution in [0.2, 0.25) is 0 Å². The number of rotatable bonds is 5. The van der Waals surface area contributed by atoms with Crippen LogP contribution in [0.25, 0.3) is 0 Å². The third-order valence-corrected chi connectivity index (χ3v) is 5.97. The first-order valence-corrected chi connectivity index (χ1v) is 9.98. The molecule has 4 rings (SSSR count). The Morgan fingerprint density at radius 2 is 1.56 bits per heavy atom. The summed E-state index contributed by atoms with van der Waals surface area (Å²) < 4.78 is 11.7. The van der Waals surface area contributed by atoms with E-state index in [4.69, 9.17) is 9.47 Å². The predicted molar refractivity (Wildman–Crippen MR) is 105 cm³/mol. The van der Waals surface area contributed by atoms with Crippen molar-refractivity contribution < 1.29 is 14.6 Å². The minimum atomic E-state index is -0.750. The summed E-state index contributed by atoms with van der Waals surface area (Å²) in [5.74, 6) is -0.611. The lowest BCUT2D eigenvalue weighted by atomic mass is 9.83. The van der Waals surface area contributed by atoms with Crippen LogP contribution in [0.4, 0.5) is 0 Å². The highest BCUT2D eigenvalue weighted by molar-refractivity contribution is 5.31. The van der Waals surface area contributed by atoms with E-state index in [0.29, 0.717) is 0 Å². The molecule has 2 aromatic rings. The minimum absolute atomic E-state index is 0.150. The molecule has 0 spiro atoms. The van der Waals surface area contributed by atoms with E-state index in [-0.39, 0.29) is 6.29 Å². The van der Waals surface area contributed by atoms with E-state index in [1.165, 1.54) is 5.56 Å². The largest absolute Gasteiger partial charge is 0.385 e. The van der Waals surface area contributed by atoms with E-state index >= 15 is 0 Å². The predicted octanol–water partition coefficient (Wildman–Crippen LogP) is 4.13. The van der Waals surface area contributed by atoms with Crippen molar-refractivity contribution in [3.8, 4) is 0 Å². The summed E-state index contributed by atoms with van der Waals surface area (Å²) in [6, 6.07) is 18.7. The van der Waals surface area contributed by atoms with Crippen LogP contribution in [-0.2, 0) is 27.4 Å². The molecule has 0 radical (unpaired) electrons. The van der Waals surface area contributed by atoms with Crippen LogP contribution in [-0.4, -0.2) is 29.4 Å². The second kappa shape index (κ2) is 7.36. The highest BCUT2D eigenvalue weighted by Crippen LogP contribution is 2.42. The van der Waals surface area contributed by atoms with Crippen LogP contribution in [0.3, 0.4) is 0 Å².